The third-order valence-electron chi connectivity index (χ3n) is 3.63. The number of anilines is 1. The van der Waals surface area contributed by atoms with E-state index >= 15 is 0 Å². The molecular weight excluding hydrogens is 411 g/mol. The molecule has 1 aromatic rings. The molecule has 0 atom stereocenters. The van der Waals surface area contributed by atoms with E-state index in [0.717, 1.165) is 43.7 Å². The quantitative estimate of drug-likeness (QED) is 0.448. The maximum absolute atomic E-state index is 6.07. The average Bonchev–Trinajstić information content (AvgIpc) is 2.48. The highest BCUT2D eigenvalue weighted by Crippen LogP contribution is 2.20. The van der Waals surface area contributed by atoms with Gasteiger partial charge in [0.1, 0.15) is 0 Å². The molecular formula is C16H26ClIN4. The Morgan fingerprint density at radius 3 is 2.50 bits per heavy atom. The van der Waals surface area contributed by atoms with Gasteiger partial charge in [-0.1, -0.05) is 31.5 Å². The van der Waals surface area contributed by atoms with Crippen LogP contribution in [0.5, 0.6) is 0 Å². The van der Waals surface area contributed by atoms with Crippen molar-refractivity contribution in [3.8, 4) is 0 Å². The van der Waals surface area contributed by atoms with Gasteiger partial charge in [0.25, 0.3) is 0 Å². The minimum atomic E-state index is 0. The lowest BCUT2D eigenvalue weighted by molar-refractivity contribution is 0.370. The summed E-state index contributed by atoms with van der Waals surface area (Å²) in [5.41, 5.74) is 1.20. The molecule has 1 aromatic carbocycles. The van der Waals surface area contributed by atoms with Crippen LogP contribution in [0.25, 0.3) is 0 Å². The number of guanidine groups is 1. The molecule has 2 rings (SSSR count). The number of nitrogens with one attached hydrogen (secondary N) is 1. The number of hydrogen-bond donors (Lipinski definition) is 1. The molecule has 0 aliphatic carbocycles. The molecule has 0 aromatic heterocycles. The summed E-state index contributed by atoms with van der Waals surface area (Å²) in [5, 5.41) is 4.23. The summed E-state index contributed by atoms with van der Waals surface area (Å²) in [6.45, 7) is 9.30. The van der Waals surface area contributed by atoms with Crippen LogP contribution in [-0.4, -0.2) is 50.6 Å². The van der Waals surface area contributed by atoms with Gasteiger partial charge < -0.3 is 15.1 Å². The molecule has 1 aliphatic heterocycles. The monoisotopic (exact) mass is 436 g/mol. The van der Waals surface area contributed by atoms with Crippen LogP contribution in [-0.2, 0) is 0 Å². The van der Waals surface area contributed by atoms with E-state index in [1.807, 2.05) is 25.2 Å². The number of nitrogens with zero attached hydrogens (tertiary/aromatic N) is 3. The molecule has 1 N–H and O–H groups in total. The van der Waals surface area contributed by atoms with Crippen LogP contribution in [0.2, 0.25) is 5.02 Å². The van der Waals surface area contributed by atoms with Gasteiger partial charge >= 0.3 is 0 Å². The Balaban J connectivity index is 0.00000242. The largest absolute Gasteiger partial charge is 0.368 e. The number of halogens is 2. The molecule has 1 saturated heterocycles. The lowest BCUT2D eigenvalue weighted by Crippen LogP contribution is -2.53. The second kappa shape index (κ2) is 9.45. The lowest BCUT2D eigenvalue weighted by Gasteiger charge is -2.37. The van der Waals surface area contributed by atoms with Crippen LogP contribution in [0.3, 0.4) is 0 Å². The minimum absolute atomic E-state index is 0. The summed E-state index contributed by atoms with van der Waals surface area (Å²) in [5.74, 6) is 1.63. The first-order valence-electron chi connectivity index (χ1n) is 7.56. The van der Waals surface area contributed by atoms with Crippen molar-refractivity contribution in [3.63, 3.8) is 0 Å². The maximum atomic E-state index is 6.07. The van der Waals surface area contributed by atoms with E-state index in [0.29, 0.717) is 5.92 Å². The van der Waals surface area contributed by atoms with Gasteiger partial charge in [-0.25, -0.2) is 0 Å². The van der Waals surface area contributed by atoms with Crippen LogP contribution >= 0.6 is 35.6 Å². The fraction of sp³-hybridized carbons (Fsp3) is 0.562. The van der Waals surface area contributed by atoms with E-state index in [1.54, 1.807) is 0 Å². The summed E-state index contributed by atoms with van der Waals surface area (Å²) < 4.78 is 0. The van der Waals surface area contributed by atoms with Gasteiger partial charge in [0.15, 0.2) is 5.96 Å². The van der Waals surface area contributed by atoms with E-state index in [2.05, 4.69) is 40.0 Å². The van der Waals surface area contributed by atoms with Gasteiger partial charge in [-0.05, 0) is 24.1 Å². The predicted molar refractivity (Wildman–Crippen MR) is 107 cm³/mol. The van der Waals surface area contributed by atoms with Crippen molar-refractivity contribution in [1.82, 2.24) is 10.2 Å². The van der Waals surface area contributed by atoms with Crippen molar-refractivity contribution in [2.45, 2.75) is 13.8 Å². The molecule has 0 amide bonds. The number of aliphatic imine (C=N–C) groups is 1. The number of hydrogen-bond acceptors (Lipinski definition) is 2. The Morgan fingerprint density at radius 2 is 1.95 bits per heavy atom. The average molecular weight is 437 g/mol. The molecule has 0 saturated carbocycles. The first kappa shape index (κ1) is 19.4. The maximum Gasteiger partial charge on any atom is 0.193 e. The lowest BCUT2D eigenvalue weighted by atomic mass is 10.2. The zero-order valence-electron chi connectivity index (χ0n) is 13.6. The summed E-state index contributed by atoms with van der Waals surface area (Å²) in [6, 6.07) is 8.07. The molecule has 0 unspecified atom stereocenters. The molecule has 0 bridgehead atoms. The van der Waals surface area contributed by atoms with Crippen molar-refractivity contribution in [2.24, 2.45) is 10.9 Å². The Hall–Kier alpha value is -0.690. The molecule has 1 fully saturated rings. The van der Waals surface area contributed by atoms with E-state index in [1.165, 1.54) is 5.69 Å². The fourth-order valence-electron chi connectivity index (χ4n) is 2.48. The summed E-state index contributed by atoms with van der Waals surface area (Å²) >= 11 is 6.07. The molecule has 4 nitrogen and oxygen atoms in total. The number of benzene rings is 1. The third kappa shape index (κ3) is 5.50. The van der Waals surface area contributed by atoms with Crippen molar-refractivity contribution >= 4 is 47.2 Å². The van der Waals surface area contributed by atoms with Crippen LogP contribution in [0.1, 0.15) is 13.8 Å². The van der Waals surface area contributed by atoms with E-state index in [-0.39, 0.29) is 24.0 Å². The van der Waals surface area contributed by atoms with Gasteiger partial charge in [0, 0.05) is 50.5 Å². The molecule has 1 heterocycles. The first-order valence-corrected chi connectivity index (χ1v) is 7.94. The summed E-state index contributed by atoms with van der Waals surface area (Å²) in [7, 11) is 1.85. The molecule has 0 spiro atoms. The second-order valence-corrected chi connectivity index (χ2v) is 6.21. The van der Waals surface area contributed by atoms with Crippen LogP contribution in [0, 0.1) is 5.92 Å². The molecule has 0 radical (unpaired) electrons. The van der Waals surface area contributed by atoms with Crippen molar-refractivity contribution in [3.05, 3.63) is 29.3 Å². The Labute approximate surface area is 155 Å². The highest BCUT2D eigenvalue weighted by Gasteiger charge is 2.19. The smallest absolute Gasteiger partial charge is 0.193 e. The fourth-order valence-corrected chi connectivity index (χ4v) is 2.66. The van der Waals surface area contributed by atoms with Gasteiger partial charge in [0.2, 0.25) is 0 Å². The van der Waals surface area contributed by atoms with Crippen molar-refractivity contribution < 1.29 is 0 Å². The third-order valence-corrected chi connectivity index (χ3v) is 3.87. The van der Waals surface area contributed by atoms with Gasteiger partial charge in [0.05, 0.1) is 0 Å². The normalized spacial score (nSPS) is 15.8. The molecule has 1 aliphatic rings. The zero-order valence-corrected chi connectivity index (χ0v) is 16.6. The van der Waals surface area contributed by atoms with Gasteiger partial charge in [-0.15, -0.1) is 24.0 Å². The Morgan fingerprint density at radius 1 is 1.27 bits per heavy atom. The van der Waals surface area contributed by atoms with Crippen LogP contribution < -0.4 is 10.2 Å². The van der Waals surface area contributed by atoms with Gasteiger partial charge in [-0.3, -0.25) is 4.99 Å². The van der Waals surface area contributed by atoms with Crippen molar-refractivity contribution in [2.75, 3.05) is 44.7 Å². The summed E-state index contributed by atoms with van der Waals surface area (Å²) in [4.78, 5) is 9.08. The Kier molecular flexibility index (Phi) is 8.31. The Bertz CT molecular complexity index is 485. The summed E-state index contributed by atoms with van der Waals surface area (Å²) in [6.07, 6.45) is 0. The van der Waals surface area contributed by atoms with Gasteiger partial charge in [-0.2, -0.15) is 0 Å². The minimum Gasteiger partial charge on any atom is -0.368 e. The number of rotatable bonds is 3. The second-order valence-electron chi connectivity index (χ2n) is 5.78. The molecule has 6 heteroatoms. The van der Waals surface area contributed by atoms with E-state index < -0.39 is 0 Å². The zero-order chi connectivity index (χ0) is 15.2. The predicted octanol–water partition coefficient (Wildman–Crippen LogP) is 3.31. The first-order chi connectivity index (χ1) is 10.1. The van der Waals surface area contributed by atoms with Crippen LogP contribution in [0.4, 0.5) is 5.69 Å². The van der Waals surface area contributed by atoms with Crippen LogP contribution in [0.15, 0.2) is 29.3 Å². The molecule has 124 valence electrons. The van der Waals surface area contributed by atoms with Crippen molar-refractivity contribution in [1.29, 1.82) is 0 Å². The number of piperazine rings is 1. The standard InChI is InChI=1S/C16H25ClN4.HI/c1-13(2)12-19-16(18-3)21-9-7-20(8-10-21)15-6-4-5-14(17)11-15;/h4-6,11,13H,7-10,12H2,1-3H3,(H,18,19);1H. The highest BCUT2D eigenvalue weighted by molar-refractivity contribution is 14.0. The van der Waals surface area contributed by atoms with E-state index in [9.17, 15) is 0 Å². The van der Waals surface area contributed by atoms with E-state index in [4.69, 9.17) is 11.6 Å². The highest BCUT2D eigenvalue weighted by atomic mass is 127. The SMILES string of the molecule is CN=C(NCC(C)C)N1CCN(c2cccc(Cl)c2)CC1.I. The topological polar surface area (TPSA) is 30.9 Å². The molecule has 22 heavy (non-hydrogen) atoms.